The molecule has 1 aliphatic carbocycles. The van der Waals surface area contributed by atoms with Gasteiger partial charge in [0.05, 0.1) is 19.6 Å². The van der Waals surface area contributed by atoms with E-state index in [1.165, 1.54) is 0 Å². The van der Waals surface area contributed by atoms with Gasteiger partial charge in [-0.25, -0.2) is 0 Å². The van der Waals surface area contributed by atoms with E-state index >= 15 is 0 Å². The van der Waals surface area contributed by atoms with E-state index < -0.39 is 0 Å². The molecule has 0 radical (unpaired) electrons. The number of benzene rings is 3. The van der Waals surface area contributed by atoms with E-state index in [4.69, 9.17) is 18.9 Å². The second kappa shape index (κ2) is 7.99. The lowest BCUT2D eigenvalue weighted by Crippen LogP contribution is -2.26. The standard InChI is InChI=1S/C26H24O5/c1-3-29-26(27)25-23(16-8-11-18(28-2)12-9-16)19-6-4-5-7-20(19)24(25)17-10-13-21-22(14-17)31-15-30-21/h4-14,23-25H,3,15H2,1-2H3. The van der Waals surface area contributed by atoms with Crippen molar-refractivity contribution in [3.8, 4) is 17.2 Å². The van der Waals surface area contributed by atoms with Gasteiger partial charge in [0.15, 0.2) is 11.5 Å². The number of fused-ring (bicyclic) bond motifs is 2. The smallest absolute Gasteiger partial charge is 0.310 e. The van der Waals surface area contributed by atoms with E-state index in [0.717, 1.165) is 33.8 Å². The summed E-state index contributed by atoms with van der Waals surface area (Å²) in [6.07, 6.45) is 0. The van der Waals surface area contributed by atoms with Gasteiger partial charge in [0.1, 0.15) is 5.75 Å². The van der Waals surface area contributed by atoms with E-state index in [0.29, 0.717) is 12.4 Å². The minimum absolute atomic E-state index is 0.114. The molecule has 5 rings (SSSR count). The Labute approximate surface area is 181 Å². The largest absolute Gasteiger partial charge is 0.497 e. The van der Waals surface area contributed by atoms with Crippen LogP contribution in [-0.4, -0.2) is 26.5 Å². The third-order valence-electron chi connectivity index (χ3n) is 6.17. The Hall–Kier alpha value is -3.47. The van der Waals surface area contributed by atoms with Crippen LogP contribution in [0.2, 0.25) is 0 Å². The minimum atomic E-state index is -0.383. The summed E-state index contributed by atoms with van der Waals surface area (Å²) < 4.78 is 22.0. The highest BCUT2D eigenvalue weighted by molar-refractivity contribution is 5.79. The molecule has 5 nitrogen and oxygen atoms in total. The van der Waals surface area contributed by atoms with Crippen molar-refractivity contribution in [2.45, 2.75) is 18.8 Å². The fourth-order valence-corrected chi connectivity index (χ4v) is 4.86. The van der Waals surface area contributed by atoms with Gasteiger partial charge in [0.25, 0.3) is 0 Å². The molecule has 31 heavy (non-hydrogen) atoms. The third-order valence-corrected chi connectivity index (χ3v) is 6.17. The van der Waals surface area contributed by atoms with Crippen LogP contribution in [0, 0.1) is 5.92 Å². The predicted molar refractivity (Wildman–Crippen MR) is 116 cm³/mol. The van der Waals surface area contributed by atoms with Crippen LogP contribution in [0.25, 0.3) is 0 Å². The van der Waals surface area contributed by atoms with Gasteiger partial charge in [-0.05, 0) is 53.4 Å². The quantitative estimate of drug-likeness (QED) is 0.555. The van der Waals surface area contributed by atoms with Crippen molar-refractivity contribution in [3.05, 3.63) is 89.0 Å². The van der Waals surface area contributed by atoms with Crippen LogP contribution in [-0.2, 0) is 9.53 Å². The molecular weight excluding hydrogens is 392 g/mol. The van der Waals surface area contributed by atoms with Gasteiger partial charge < -0.3 is 18.9 Å². The van der Waals surface area contributed by atoms with Gasteiger partial charge in [0.2, 0.25) is 6.79 Å². The van der Waals surface area contributed by atoms with Gasteiger partial charge in [0, 0.05) is 11.8 Å². The molecule has 0 saturated heterocycles. The summed E-state index contributed by atoms with van der Waals surface area (Å²) in [4.78, 5) is 13.3. The first-order valence-electron chi connectivity index (χ1n) is 10.5. The summed E-state index contributed by atoms with van der Waals surface area (Å²) in [5, 5.41) is 0. The zero-order chi connectivity index (χ0) is 21.4. The molecule has 2 aliphatic rings. The molecule has 5 heteroatoms. The fourth-order valence-electron chi connectivity index (χ4n) is 4.86. The average molecular weight is 416 g/mol. The van der Waals surface area contributed by atoms with E-state index in [-0.39, 0.29) is 30.5 Å². The summed E-state index contributed by atoms with van der Waals surface area (Å²) in [5.74, 6) is 1.40. The van der Waals surface area contributed by atoms with Crippen molar-refractivity contribution >= 4 is 5.97 Å². The monoisotopic (exact) mass is 416 g/mol. The fraction of sp³-hybridized carbons (Fsp3) is 0.269. The Morgan fingerprint density at radius 1 is 0.903 bits per heavy atom. The Kier molecular flexibility index (Phi) is 5.02. The molecule has 3 unspecified atom stereocenters. The van der Waals surface area contributed by atoms with Crippen molar-refractivity contribution in [2.24, 2.45) is 5.92 Å². The molecule has 0 amide bonds. The maximum absolute atomic E-state index is 13.3. The van der Waals surface area contributed by atoms with Crippen LogP contribution in [0.1, 0.15) is 41.0 Å². The average Bonchev–Trinajstić information content (AvgIpc) is 3.41. The maximum atomic E-state index is 13.3. The Morgan fingerprint density at radius 3 is 2.23 bits per heavy atom. The molecule has 158 valence electrons. The number of hydrogen-bond acceptors (Lipinski definition) is 5. The van der Waals surface area contributed by atoms with E-state index in [1.54, 1.807) is 7.11 Å². The Morgan fingerprint density at radius 2 is 1.55 bits per heavy atom. The number of carbonyl (C=O) groups is 1. The lowest BCUT2D eigenvalue weighted by atomic mass is 9.79. The first kappa shape index (κ1) is 19.5. The molecular formula is C26H24O5. The number of methoxy groups -OCH3 is 1. The molecule has 3 aromatic carbocycles. The van der Waals surface area contributed by atoms with Crippen LogP contribution in [0.15, 0.2) is 66.7 Å². The van der Waals surface area contributed by atoms with Crippen molar-refractivity contribution in [2.75, 3.05) is 20.5 Å². The minimum Gasteiger partial charge on any atom is -0.497 e. The first-order chi connectivity index (χ1) is 15.2. The Balaban J connectivity index is 1.66. The number of rotatable bonds is 5. The van der Waals surface area contributed by atoms with Crippen LogP contribution in [0.3, 0.4) is 0 Å². The molecule has 1 heterocycles. The van der Waals surface area contributed by atoms with E-state index in [9.17, 15) is 4.79 Å². The summed E-state index contributed by atoms with van der Waals surface area (Å²) in [7, 11) is 1.65. The van der Waals surface area contributed by atoms with Crippen molar-refractivity contribution in [1.29, 1.82) is 0 Å². The normalized spacial score (nSPS) is 20.9. The highest BCUT2D eigenvalue weighted by Gasteiger charge is 2.47. The first-order valence-corrected chi connectivity index (χ1v) is 10.5. The number of ether oxygens (including phenoxy) is 4. The highest BCUT2D eigenvalue weighted by atomic mass is 16.7. The molecule has 0 aromatic heterocycles. The topological polar surface area (TPSA) is 54.0 Å². The van der Waals surface area contributed by atoms with Crippen molar-refractivity contribution in [3.63, 3.8) is 0 Å². The number of hydrogen-bond donors (Lipinski definition) is 0. The Bertz CT molecular complexity index is 1110. The molecule has 0 N–H and O–H groups in total. The van der Waals surface area contributed by atoms with Gasteiger partial charge in [-0.15, -0.1) is 0 Å². The molecule has 0 spiro atoms. The summed E-state index contributed by atoms with van der Waals surface area (Å²) >= 11 is 0. The SMILES string of the molecule is CCOC(=O)C1C(c2ccc(OC)cc2)c2ccccc2C1c1ccc2c(c1)OCO2. The lowest BCUT2D eigenvalue weighted by Gasteiger charge is -2.25. The summed E-state index contributed by atoms with van der Waals surface area (Å²) in [6, 6.07) is 22.2. The predicted octanol–water partition coefficient (Wildman–Crippen LogP) is 4.88. The van der Waals surface area contributed by atoms with E-state index in [2.05, 4.69) is 12.1 Å². The van der Waals surface area contributed by atoms with Crippen LogP contribution in [0.4, 0.5) is 0 Å². The second-order valence-corrected chi connectivity index (χ2v) is 7.75. The number of esters is 1. The summed E-state index contributed by atoms with van der Waals surface area (Å²) in [6.45, 7) is 2.41. The molecule has 3 atom stereocenters. The van der Waals surface area contributed by atoms with Gasteiger partial charge in [-0.2, -0.15) is 0 Å². The second-order valence-electron chi connectivity index (χ2n) is 7.75. The van der Waals surface area contributed by atoms with Crippen LogP contribution < -0.4 is 14.2 Å². The number of carbonyl (C=O) groups excluding carboxylic acids is 1. The molecule has 1 aliphatic heterocycles. The third kappa shape index (κ3) is 3.30. The zero-order valence-corrected chi connectivity index (χ0v) is 17.5. The van der Waals surface area contributed by atoms with Gasteiger partial charge in [-0.3, -0.25) is 4.79 Å². The molecule has 0 bridgehead atoms. The van der Waals surface area contributed by atoms with Crippen LogP contribution >= 0.6 is 0 Å². The van der Waals surface area contributed by atoms with Gasteiger partial charge in [-0.1, -0.05) is 42.5 Å². The van der Waals surface area contributed by atoms with Crippen LogP contribution in [0.5, 0.6) is 17.2 Å². The van der Waals surface area contributed by atoms with Gasteiger partial charge >= 0.3 is 5.97 Å². The van der Waals surface area contributed by atoms with Crippen molar-refractivity contribution in [1.82, 2.24) is 0 Å². The lowest BCUT2D eigenvalue weighted by molar-refractivity contribution is -0.148. The molecule has 3 aromatic rings. The van der Waals surface area contributed by atoms with E-state index in [1.807, 2.05) is 61.5 Å². The molecule has 0 fully saturated rings. The maximum Gasteiger partial charge on any atom is 0.310 e. The summed E-state index contributed by atoms with van der Waals surface area (Å²) in [5.41, 5.74) is 4.37. The highest BCUT2D eigenvalue weighted by Crippen LogP contribution is 2.54. The van der Waals surface area contributed by atoms with Crippen molar-refractivity contribution < 1.29 is 23.7 Å². The zero-order valence-electron chi connectivity index (χ0n) is 17.5. The molecule has 0 saturated carbocycles.